The minimum atomic E-state index is -0.308. The van der Waals surface area contributed by atoms with Crippen molar-refractivity contribution in [3.05, 3.63) is 69.9 Å². The van der Waals surface area contributed by atoms with Crippen LogP contribution in [0.15, 0.2) is 53.9 Å². The summed E-state index contributed by atoms with van der Waals surface area (Å²) in [6.45, 7) is 5.64. The Balaban J connectivity index is 1.26. The van der Waals surface area contributed by atoms with Crippen molar-refractivity contribution in [2.45, 2.75) is 12.8 Å². The summed E-state index contributed by atoms with van der Waals surface area (Å²) in [5.74, 6) is 0.818. The monoisotopic (exact) mass is 575 g/mol. The number of ether oxygens (including phenoxy) is 2. The Morgan fingerprint density at radius 2 is 1.61 bits per heavy atom. The molecule has 4 heterocycles. The zero-order chi connectivity index (χ0) is 28.2. The normalized spacial score (nSPS) is 17.1. The van der Waals surface area contributed by atoms with Crippen molar-refractivity contribution < 1.29 is 23.9 Å². The standard InChI is InChI=1S/C30H33N5O5S/c36-28(21-6-8-25-26(19-21)40-20-39-25)32-23-18-22(29(37)34-11-2-9-31-10-14-34)5-7-24(23)33-12-3-13-35(16-15-33)30(38)27-4-1-17-41-27/h1,4-8,17-19,31H,2-3,9-16,20H2,(H,32,36). The van der Waals surface area contributed by atoms with Crippen LogP contribution in [0.5, 0.6) is 11.5 Å². The summed E-state index contributed by atoms with van der Waals surface area (Å²) in [4.78, 5) is 46.6. The van der Waals surface area contributed by atoms with E-state index in [4.69, 9.17) is 9.47 Å². The molecule has 3 aliphatic rings. The minimum Gasteiger partial charge on any atom is -0.454 e. The Bertz CT molecular complexity index is 1420. The van der Waals surface area contributed by atoms with E-state index in [0.717, 1.165) is 36.5 Å². The first kappa shape index (κ1) is 27.1. The van der Waals surface area contributed by atoms with Crippen molar-refractivity contribution in [1.29, 1.82) is 0 Å². The first-order chi connectivity index (χ1) is 20.1. The maximum absolute atomic E-state index is 13.5. The summed E-state index contributed by atoms with van der Waals surface area (Å²) in [7, 11) is 0. The number of fused-ring (bicyclic) bond motifs is 1. The highest BCUT2D eigenvalue weighted by molar-refractivity contribution is 7.12. The third kappa shape index (κ3) is 6.01. The lowest BCUT2D eigenvalue weighted by Crippen LogP contribution is -2.35. The molecule has 0 spiro atoms. The lowest BCUT2D eigenvalue weighted by Gasteiger charge is -2.27. The Morgan fingerprint density at radius 1 is 0.780 bits per heavy atom. The van der Waals surface area contributed by atoms with Crippen molar-refractivity contribution in [3.8, 4) is 11.5 Å². The topological polar surface area (TPSA) is 103 Å². The van der Waals surface area contributed by atoms with Crippen LogP contribution in [0.25, 0.3) is 0 Å². The smallest absolute Gasteiger partial charge is 0.263 e. The molecule has 10 nitrogen and oxygen atoms in total. The summed E-state index contributed by atoms with van der Waals surface area (Å²) in [5.41, 5.74) is 2.34. The summed E-state index contributed by atoms with van der Waals surface area (Å²) in [6, 6.07) is 14.4. The zero-order valence-electron chi connectivity index (χ0n) is 22.8. The third-order valence-electron chi connectivity index (χ3n) is 7.61. The van der Waals surface area contributed by atoms with Crippen LogP contribution >= 0.6 is 11.3 Å². The fraction of sp³-hybridized carbons (Fsp3) is 0.367. The van der Waals surface area contributed by atoms with Gasteiger partial charge in [0.05, 0.1) is 16.3 Å². The first-order valence-corrected chi connectivity index (χ1v) is 14.9. The van der Waals surface area contributed by atoms with Crippen molar-refractivity contribution in [1.82, 2.24) is 15.1 Å². The Kier molecular flexibility index (Phi) is 8.06. The number of carbonyl (C=O) groups excluding carboxylic acids is 3. The second-order valence-corrected chi connectivity index (χ2v) is 11.2. The van der Waals surface area contributed by atoms with E-state index < -0.39 is 0 Å². The highest BCUT2D eigenvalue weighted by Gasteiger charge is 2.25. The maximum atomic E-state index is 13.5. The average molecular weight is 576 g/mol. The zero-order valence-corrected chi connectivity index (χ0v) is 23.6. The van der Waals surface area contributed by atoms with Gasteiger partial charge in [-0.15, -0.1) is 11.3 Å². The quantitative estimate of drug-likeness (QED) is 0.480. The number of nitrogens with one attached hydrogen (secondary N) is 2. The molecule has 0 saturated carbocycles. The van der Waals surface area contributed by atoms with Crippen molar-refractivity contribution >= 4 is 40.4 Å². The van der Waals surface area contributed by atoms with Gasteiger partial charge in [0.15, 0.2) is 11.5 Å². The number of hydrogen-bond donors (Lipinski definition) is 2. The molecule has 3 aliphatic heterocycles. The Morgan fingerprint density at radius 3 is 2.49 bits per heavy atom. The molecular weight excluding hydrogens is 542 g/mol. The molecule has 1 aromatic heterocycles. The molecule has 3 amide bonds. The molecule has 2 aromatic carbocycles. The summed E-state index contributed by atoms with van der Waals surface area (Å²) in [5, 5.41) is 8.31. The molecule has 214 valence electrons. The van der Waals surface area contributed by atoms with Crippen LogP contribution < -0.4 is 25.0 Å². The third-order valence-corrected chi connectivity index (χ3v) is 8.47. The van der Waals surface area contributed by atoms with E-state index in [1.165, 1.54) is 11.3 Å². The number of carbonyl (C=O) groups is 3. The number of nitrogens with zero attached hydrogens (tertiary/aromatic N) is 3. The number of rotatable bonds is 5. The predicted octanol–water partition coefficient (Wildman–Crippen LogP) is 3.52. The van der Waals surface area contributed by atoms with Gasteiger partial charge in [-0.3, -0.25) is 14.4 Å². The number of amides is 3. The van der Waals surface area contributed by atoms with Gasteiger partial charge in [0, 0.05) is 56.9 Å². The van der Waals surface area contributed by atoms with E-state index in [-0.39, 0.29) is 24.5 Å². The fourth-order valence-electron chi connectivity index (χ4n) is 5.43. The summed E-state index contributed by atoms with van der Waals surface area (Å²) >= 11 is 1.45. The Hall–Kier alpha value is -4.09. The van der Waals surface area contributed by atoms with E-state index in [9.17, 15) is 14.4 Å². The maximum Gasteiger partial charge on any atom is 0.263 e. The summed E-state index contributed by atoms with van der Waals surface area (Å²) < 4.78 is 10.8. The van der Waals surface area contributed by atoms with Gasteiger partial charge in [-0.1, -0.05) is 6.07 Å². The molecule has 11 heteroatoms. The van der Waals surface area contributed by atoms with Gasteiger partial charge in [0.25, 0.3) is 17.7 Å². The van der Waals surface area contributed by atoms with E-state index in [2.05, 4.69) is 15.5 Å². The number of hydrogen-bond acceptors (Lipinski definition) is 8. The average Bonchev–Trinajstić information content (AvgIpc) is 3.55. The van der Waals surface area contributed by atoms with E-state index in [1.54, 1.807) is 24.3 Å². The van der Waals surface area contributed by atoms with Crippen LogP contribution in [0, 0.1) is 0 Å². The number of thiophene rings is 1. The molecule has 0 aliphatic carbocycles. The van der Waals surface area contributed by atoms with Gasteiger partial charge < -0.3 is 34.8 Å². The molecule has 3 aromatic rings. The van der Waals surface area contributed by atoms with Gasteiger partial charge in [0.1, 0.15) is 0 Å². The first-order valence-electron chi connectivity index (χ1n) is 14.0. The van der Waals surface area contributed by atoms with Crippen molar-refractivity contribution in [3.63, 3.8) is 0 Å². The summed E-state index contributed by atoms with van der Waals surface area (Å²) in [6.07, 6.45) is 1.68. The highest BCUT2D eigenvalue weighted by Crippen LogP contribution is 2.34. The molecule has 0 unspecified atom stereocenters. The lowest BCUT2D eigenvalue weighted by molar-refractivity contribution is 0.0761. The molecule has 0 atom stereocenters. The van der Waals surface area contributed by atoms with Gasteiger partial charge in [-0.05, 0) is 67.2 Å². The van der Waals surface area contributed by atoms with Crippen LogP contribution in [0.2, 0.25) is 0 Å². The largest absolute Gasteiger partial charge is 0.454 e. The second kappa shape index (κ2) is 12.2. The van der Waals surface area contributed by atoms with Crippen LogP contribution in [0.4, 0.5) is 11.4 Å². The molecular formula is C30H33N5O5S. The van der Waals surface area contributed by atoms with Gasteiger partial charge in [-0.25, -0.2) is 0 Å². The van der Waals surface area contributed by atoms with Crippen LogP contribution in [0.3, 0.4) is 0 Å². The fourth-order valence-corrected chi connectivity index (χ4v) is 6.12. The van der Waals surface area contributed by atoms with Crippen molar-refractivity contribution in [2.24, 2.45) is 0 Å². The molecule has 41 heavy (non-hydrogen) atoms. The Labute approximate surface area is 242 Å². The SMILES string of the molecule is O=C(Nc1cc(C(=O)N2CCCNCC2)ccc1N1CCCN(C(=O)c2cccs2)CC1)c1ccc2c(c1)OCO2. The molecule has 2 fully saturated rings. The van der Waals surface area contributed by atoms with Crippen molar-refractivity contribution in [2.75, 3.05) is 69.4 Å². The molecule has 0 bridgehead atoms. The number of anilines is 2. The minimum absolute atomic E-state index is 0.0473. The van der Waals surface area contributed by atoms with E-state index >= 15 is 0 Å². The number of benzene rings is 2. The van der Waals surface area contributed by atoms with E-state index in [1.807, 2.05) is 39.4 Å². The molecule has 0 radical (unpaired) electrons. The van der Waals surface area contributed by atoms with Crippen LogP contribution in [-0.4, -0.2) is 86.7 Å². The molecule has 2 saturated heterocycles. The van der Waals surface area contributed by atoms with Gasteiger partial charge in [-0.2, -0.15) is 0 Å². The van der Waals surface area contributed by atoms with Crippen LogP contribution in [-0.2, 0) is 0 Å². The van der Waals surface area contributed by atoms with Crippen LogP contribution in [0.1, 0.15) is 43.2 Å². The molecule has 6 rings (SSSR count). The van der Waals surface area contributed by atoms with Gasteiger partial charge in [0.2, 0.25) is 6.79 Å². The predicted molar refractivity (Wildman–Crippen MR) is 157 cm³/mol. The molecule has 2 N–H and O–H groups in total. The second-order valence-electron chi connectivity index (χ2n) is 10.3. The van der Waals surface area contributed by atoms with Gasteiger partial charge >= 0.3 is 0 Å². The highest BCUT2D eigenvalue weighted by atomic mass is 32.1. The van der Waals surface area contributed by atoms with E-state index in [0.29, 0.717) is 67.6 Å². The lowest BCUT2D eigenvalue weighted by atomic mass is 10.1.